The van der Waals surface area contributed by atoms with E-state index in [1.54, 1.807) is 0 Å². The van der Waals surface area contributed by atoms with E-state index in [0.717, 1.165) is 46.6 Å². The Kier molecular flexibility index (Phi) is 7.81. The molecule has 34 heavy (non-hydrogen) atoms. The Morgan fingerprint density at radius 3 is 2.44 bits per heavy atom. The Balaban J connectivity index is 1.31. The first-order valence-corrected chi connectivity index (χ1v) is 11.7. The number of imidazole rings is 1. The number of carbonyl (C=O) groups excluding carboxylic acids is 1. The first-order chi connectivity index (χ1) is 16.6. The van der Waals surface area contributed by atoms with E-state index in [0.29, 0.717) is 25.4 Å². The van der Waals surface area contributed by atoms with E-state index in [4.69, 9.17) is 14.5 Å². The van der Waals surface area contributed by atoms with Gasteiger partial charge < -0.3 is 19.4 Å². The molecule has 3 aromatic carbocycles. The van der Waals surface area contributed by atoms with Crippen LogP contribution in [0.5, 0.6) is 11.5 Å². The Labute approximate surface area is 200 Å². The predicted molar refractivity (Wildman–Crippen MR) is 134 cm³/mol. The van der Waals surface area contributed by atoms with Crippen molar-refractivity contribution >= 4 is 16.9 Å². The molecule has 1 amide bonds. The highest BCUT2D eigenvalue weighted by molar-refractivity contribution is 5.77. The van der Waals surface area contributed by atoms with Crippen LogP contribution in [0.4, 0.5) is 0 Å². The SMILES string of the molecule is Cc1cccc(C)c1OCCn1c(CCCNC(=O)COc2ccccc2)nc2ccccc21. The average molecular weight is 458 g/mol. The topological polar surface area (TPSA) is 65.4 Å². The highest BCUT2D eigenvalue weighted by Gasteiger charge is 2.12. The Bertz CT molecular complexity index is 1210. The monoisotopic (exact) mass is 457 g/mol. The van der Waals surface area contributed by atoms with E-state index < -0.39 is 0 Å². The minimum absolute atomic E-state index is 0.0121. The fraction of sp³-hybridized carbons (Fsp3) is 0.286. The number of hydrogen-bond acceptors (Lipinski definition) is 4. The number of hydrogen-bond donors (Lipinski definition) is 1. The normalized spacial score (nSPS) is 10.9. The molecule has 176 valence electrons. The molecule has 1 aromatic heterocycles. The summed E-state index contributed by atoms with van der Waals surface area (Å²) in [5, 5.41) is 2.93. The number of nitrogens with zero attached hydrogens (tertiary/aromatic N) is 2. The summed E-state index contributed by atoms with van der Waals surface area (Å²) in [4.78, 5) is 16.9. The third-order valence-corrected chi connectivity index (χ3v) is 5.72. The van der Waals surface area contributed by atoms with Gasteiger partial charge in [0.05, 0.1) is 17.6 Å². The molecule has 4 aromatic rings. The van der Waals surface area contributed by atoms with Gasteiger partial charge in [0.25, 0.3) is 5.91 Å². The van der Waals surface area contributed by atoms with Gasteiger partial charge in [0.15, 0.2) is 6.61 Å². The molecule has 1 heterocycles. The molecule has 0 spiro atoms. The number of ether oxygens (including phenoxy) is 2. The van der Waals surface area contributed by atoms with E-state index in [1.165, 1.54) is 0 Å². The Hall–Kier alpha value is -3.80. The molecule has 4 rings (SSSR count). The zero-order valence-electron chi connectivity index (χ0n) is 19.8. The summed E-state index contributed by atoms with van der Waals surface area (Å²) in [7, 11) is 0. The van der Waals surface area contributed by atoms with Crippen molar-refractivity contribution < 1.29 is 14.3 Å². The molecule has 0 saturated carbocycles. The average Bonchev–Trinajstić information content (AvgIpc) is 3.20. The number of fused-ring (bicyclic) bond motifs is 1. The number of carbonyl (C=O) groups is 1. The van der Waals surface area contributed by atoms with Crippen LogP contribution in [0.3, 0.4) is 0 Å². The lowest BCUT2D eigenvalue weighted by Gasteiger charge is -2.14. The molecule has 0 bridgehead atoms. The van der Waals surface area contributed by atoms with Gasteiger partial charge in [0.2, 0.25) is 0 Å². The molecular weight excluding hydrogens is 426 g/mol. The number of benzene rings is 3. The van der Waals surface area contributed by atoms with Crippen LogP contribution in [0.25, 0.3) is 11.0 Å². The van der Waals surface area contributed by atoms with Crippen molar-refractivity contribution in [1.29, 1.82) is 0 Å². The van der Waals surface area contributed by atoms with E-state index >= 15 is 0 Å². The van der Waals surface area contributed by atoms with Crippen molar-refractivity contribution in [2.45, 2.75) is 33.2 Å². The molecule has 0 saturated heterocycles. The van der Waals surface area contributed by atoms with Gasteiger partial charge in [0, 0.05) is 13.0 Å². The summed E-state index contributed by atoms with van der Waals surface area (Å²) in [5.74, 6) is 2.52. The molecule has 6 nitrogen and oxygen atoms in total. The molecule has 0 aliphatic rings. The van der Waals surface area contributed by atoms with Crippen molar-refractivity contribution in [2.24, 2.45) is 0 Å². The Morgan fingerprint density at radius 2 is 1.65 bits per heavy atom. The van der Waals surface area contributed by atoms with Crippen LogP contribution < -0.4 is 14.8 Å². The summed E-state index contributed by atoms with van der Waals surface area (Å²) in [5.41, 5.74) is 4.36. The smallest absolute Gasteiger partial charge is 0.257 e. The van der Waals surface area contributed by atoms with Gasteiger partial charge in [-0.2, -0.15) is 0 Å². The molecule has 0 aliphatic heterocycles. The zero-order valence-corrected chi connectivity index (χ0v) is 19.8. The van der Waals surface area contributed by atoms with Crippen LogP contribution in [-0.2, 0) is 17.8 Å². The lowest BCUT2D eigenvalue weighted by molar-refractivity contribution is -0.123. The van der Waals surface area contributed by atoms with Crippen LogP contribution in [-0.4, -0.2) is 35.2 Å². The maximum absolute atomic E-state index is 12.1. The molecule has 0 aliphatic carbocycles. The number of rotatable bonds is 11. The van der Waals surface area contributed by atoms with Crippen molar-refractivity contribution in [2.75, 3.05) is 19.8 Å². The largest absolute Gasteiger partial charge is 0.491 e. The summed E-state index contributed by atoms with van der Waals surface area (Å²) in [6, 6.07) is 23.7. The summed E-state index contributed by atoms with van der Waals surface area (Å²) in [6.45, 7) is 5.99. The van der Waals surface area contributed by atoms with Gasteiger partial charge in [-0.3, -0.25) is 4.79 Å². The minimum Gasteiger partial charge on any atom is -0.491 e. The third kappa shape index (κ3) is 5.95. The zero-order chi connectivity index (χ0) is 23.8. The van der Waals surface area contributed by atoms with Crippen LogP contribution in [0.2, 0.25) is 0 Å². The summed E-state index contributed by atoms with van der Waals surface area (Å²) in [6.07, 6.45) is 1.55. The minimum atomic E-state index is -0.126. The van der Waals surface area contributed by atoms with Gasteiger partial charge in [-0.1, -0.05) is 48.5 Å². The fourth-order valence-corrected chi connectivity index (χ4v) is 4.02. The molecule has 6 heteroatoms. The number of aryl methyl sites for hydroxylation is 3. The van der Waals surface area contributed by atoms with Crippen LogP contribution >= 0.6 is 0 Å². The van der Waals surface area contributed by atoms with Crippen LogP contribution in [0, 0.1) is 13.8 Å². The molecular formula is C28H31N3O3. The third-order valence-electron chi connectivity index (χ3n) is 5.72. The highest BCUT2D eigenvalue weighted by atomic mass is 16.5. The number of aromatic nitrogens is 2. The number of para-hydroxylation sites is 4. The van der Waals surface area contributed by atoms with Crippen molar-refractivity contribution in [3.63, 3.8) is 0 Å². The second-order valence-corrected chi connectivity index (χ2v) is 8.29. The van der Waals surface area contributed by atoms with E-state index in [1.807, 2.05) is 54.6 Å². The quantitative estimate of drug-likeness (QED) is 0.327. The molecule has 0 unspecified atom stereocenters. The van der Waals surface area contributed by atoms with Crippen molar-refractivity contribution in [1.82, 2.24) is 14.9 Å². The Morgan fingerprint density at radius 1 is 0.912 bits per heavy atom. The van der Waals surface area contributed by atoms with Gasteiger partial charge in [-0.15, -0.1) is 0 Å². The first-order valence-electron chi connectivity index (χ1n) is 11.7. The lowest BCUT2D eigenvalue weighted by atomic mass is 10.1. The summed E-state index contributed by atoms with van der Waals surface area (Å²) >= 11 is 0. The maximum Gasteiger partial charge on any atom is 0.257 e. The standard InChI is InChI=1S/C28H31N3O3/c1-21-10-8-11-22(2)28(21)33-19-18-31-25-15-7-6-14-24(25)30-26(31)16-9-17-29-27(32)20-34-23-12-4-3-5-13-23/h3-8,10-15H,9,16-20H2,1-2H3,(H,29,32). The maximum atomic E-state index is 12.1. The van der Waals surface area contributed by atoms with E-state index in [2.05, 4.69) is 41.9 Å². The highest BCUT2D eigenvalue weighted by Crippen LogP contribution is 2.23. The lowest BCUT2D eigenvalue weighted by Crippen LogP contribution is -2.30. The molecule has 0 radical (unpaired) electrons. The van der Waals surface area contributed by atoms with Gasteiger partial charge in [-0.25, -0.2) is 4.98 Å². The fourth-order valence-electron chi connectivity index (χ4n) is 4.02. The van der Waals surface area contributed by atoms with E-state index in [9.17, 15) is 4.79 Å². The van der Waals surface area contributed by atoms with Gasteiger partial charge >= 0.3 is 0 Å². The second kappa shape index (κ2) is 11.4. The van der Waals surface area contributed by atoms with Gasteiger partial charge in [-0.05, 0) is 55.7 Å². The van der Waals surface area contributed by atoms with Crippen LogP contribution in [0.1, 0.15) is 23.4 Å². The molecule has 0 fully saturated rings. The second-order valence-electron chi connectivity index (χ2n) is 8.29. The van der Waals surface area contributed by atoms with E-state index in [-0.39, 0.29) is 12.5 Å². The van der Waals surface area contributed by atoms with Crippen LogP contribution in [0.15, 0.2) is 72.8 Å². The molecule has 0 atom stereocenters. The van der Waals surface area contributed by atoms with Crippen molar-refractivity contribution in [3.8, 4) is 11.5 Å². The first kappa shape index (κ1) is 23.4. The predicted octanol–water partition coefficient (Wildman–Crippen LogP) is 4.86. The van der Waals surface area contributed by atoms with Gasteiger partial charge in [0.1, 0.15) is 23.9 Å². The van der Waals surface area contributed by atoms with Crippen molar-refractivity contribution in [3.05, 3.63) is 89.7 Å². The number of amides is 1. The number of nitrogens with one attached hydrogen (secondary N) is 1. The molecule has 1 N–H and O–H groups in total. The summed E-state index contributed by atoms with van der Waals surface area (Å²) < 4.78 is 13.9.